The Morgan fingerprint density at radius 3 is 2.82 bits per heavy atom. The molecule has 0 aliphatic carbocycles. The lowest BCUT2D eigenvalue weighted by Gasteiger charge is -1.99. The largest absolute Gasteiger partial charge is 0.267 e. The van der Waals surface area contributed by atoms with Gasteiger partial charge in [0.2, 0.25) is 0 Å². The van der Waals surface area contributed by atoms with Crippen LogP contribution in [0.2, 0.25) is 0 Å². The quantitative estimate of drug-likeness (QED) is 0.737. The van der Waals surface area contributed by atoms with Gasteiger partial charge in [-0.2, -0.15) is 5.10 Å². The van der Waals surface area contributed by atoms with Crippen LogP contribution in [0.1, 0.15) is 11.3 Å². The van der Waals surface area contributed by atoms with Crippen molar-refractivity contribution in [3.05, 3.63) is 30.6 Å². The average Bonchev–Trinajstić information content (AvgIpc) is 2.30. The fourth-order valence-corrected chi connectivity index (χ4v) is 1.42. The van der Waals surface area contributed by atoms with Gasteiger partial charge in [-0.25, -0.2) is 0 Å². The average molecular weight is 213 g/mol. The minimum absolute atomic E-state index is 0.826. The summed E-state index contributed by atoms with van der Waals surface area (Å²) in [6, 6.07) is 0. The van der Waals surface area contributed by atoms with Crippen molar-refractivity contribution in [2.45, 2.75) is 0 Å². The Hall–Kier alpha value is -0.830. The maximum atomic E-state index is 4.06. The minimum Gasteiger partial charge on any atom is -0.267 e. The Balaban J connectivity index is 3.28. The maximum Gasteiger partial charge on any atom is 0.0814 e. The van der Waals surface area contributed by atoms with E-state index in [1.807, 2.05) is 7.05 Å². The molecule has 0 unspecified atom stereocenters. The smallest absolute Gasteiger partial charge is 0.0814 e. The lowest BCUT2D eigenvalue weighted by atomic mass is 10.2. The normalized spacial score (nSPS) is 9.64. The second-order valence-corrected chi connectivity index (χ2v) is 3.14. The van der Waals surface area contributed by atoms with Crippen LogP contribution in [0.5, 0.6) is 0 Å². The lowest BCUT2D eigenvalue weighted by molar-refractivity contribution is 0.759. The van der Waals surface area contributed by atoms with E-state index in [-0.39, 0.29) is 0 Å². The number of halogens is 1. The summed E-state index contributed by atoms with van der Waals surface area (Å²) in [4.78, 5) is 0. The van der Waals surface area contributed by atoms with Crippen LogP contribution >= 0.6 is 15.9 Å². The van der Waals surface area contributed by atoms with E-state index < -0.39 is 0 Å². The summed E-state index contributed by atoms with van der Waals surface area (Å²) < 4.78 is 2.58. The summed E-state index contributed by atoms with van der Waals surface area (Å²) in [5.74, 6) is 0. The van der Waals surface area contributed by atoms with Crippen molar-refractivity contribution in [3.63, 3.8) is 0 Å². The molecule has 0 atom stereocenters. The van der Waals surface area contributed by atoms with Crippen molar-refractivity contribution in [3.8, 4) is 0 Å². The van der Waals surface area contributed by atoms with Crippen LogP contribution in [0.3, 0.4) is 0 Å². The monoisotopic (exact) mass is 212 g/mol. The molecule has 0 radical (unpaired) electrons. The third-order valence-corrected chi connectivity index (χ3v) is 1.82. The first-order valence-electron chi connectivity index (χ1n) is 3.16. The van der Waals surface area contributed by atoms with E-state index >= 15 is 0 Å². The fraction of sp³-hybridized carbons (Fsp3) is 0.125. The molecular formula is C8H9BrN2. The summed E-state index contributed by atoms with van der Waals surface area (Å²) >= 11 is 3.30. The second kappa shape index (κ2) is 3.05. The molecule has 1 aromatic heterocycles. The molecule has 11 heavy (non-hydrogen) atoms. The van der Waals surface area contributed by atoms with E-state index in [9.17, 15) is 0 Å². The predicted molar refractivity (Wildman–Crippen MR) is 51.3 cm³/mol. The van der Waals surface area contributed by atoms with E-state index in [0.29, 0.717) is 0 Å². The zero-order chi connectivity index (χ0) is 8.43. The van der Waals surface area contributed by atoms with Gasteiger partial charge in [0.1, 0.15) is 0 Å². The van der Waals surface area contributed by atoms with Crippen molar-refractivity contribution in [2.75, 3.05) is 0 Å². The topological polar surface area (TPSA) is 17.8 Å². The van der Waals surface area contributed by atoms with Gasteiger partial charge in [-0.3, -0.25) is 4.68 Å². The Labute approximate surface area is 74.4 Å². The Morgan fingerprint density at radius 1 is 1.82 bits per heavy atom. The van der Waals surface area contributed by atoms with E-state index in [4.69, 9.17) is 0 Å². The number of nitrogens with zero attached hydrogens (tertiary/aromatic N) is 2. The molecule has 0 bridgehead atoms. The predicted octanol–water partition coefficient (Wildman–Crippen LogP) is 2.43. The molecule has 0 aliphatic rings. The van der Waals surface area contributed by atoms with Gasteiger partial charge >= 0.3 is 0 Å². The standard InChI is InChI=1S/C8H9BrN2/c1-4-7-5-10-11(3)8(7)6(2)9/h4-5H,1-2H2,3H3. The molecule has 58 valence electrons. The first kappa shape index (κ1) is 8.27. The Morgan fingerprint density at radius 2 is 2.45 bits per heavy atom. The second-order valence-electron chi connectivity index (χ2n) is 2.18. The van der Waals surface area contributed by atoms with Gasteiger partial charge in [0.25, 0.3) is 0 Å². The van der Waals surface area contributed by atoms with Gasteiger partial charge in [-0.1, -0.05) is 19.2 Å². The minimum atomic E-state index is 0.826. The van der Waals surface area contributed by atoms with Gasteiger partial charge in [-0.05, 0) is 15.9 Å². The van der Waals surface area contributed by atoms with Crippen LogP contribution in [0.25, 0.3) is 10.6 Å². The molecule has 1 heterocycles. The highest BCUT2D eigenvalue weighted by molar-refractivity contribution is 9.15. The zero-order valence-corrected chi connectivity index (χ0v) is 7.93. The summed E-state index contributed by atoms with van der Waals surface area (Å²) in [6.07, 6.45) is 3.52. The van der Waals surface area contributed by atoms with E-state index in [1.165, 1.54) is 0 Å². The van der Waals surface area contributed by atoms with Crippen LogP contribution < -0.4 is 0 Å². The van der Waals surface area contributed by atoms with Crippen molar-refractivity contribution in [2.24, 2.45) is 7.05 Å². The SMILES string of the molecule is C=Cc1cnn(C)c1C(=C)Br. The van der Waals surface area contributed by atoms with Gasteiger partial charge < -0.3 is 0 Å². The fourth-order valence-electron chi connectivity index (χ4n) is 0.936. The van der Waals surface area contributed by atoms with Gasteiger partial charge in [0, 0.05) is 17.1 Å². The van der Waals surface area contributed by atoms with Crippen molar-refractivity contribution < 1.29 is 0 Å². The zero-order valence-electron chi connectivity index (χ0n) is 6.34. The Bertz CT molecular complexity index is 299. The molecule has 0 spiro atoms. The van der Waals surface area contributed by atoms with Crippen LogP contribution in [-0.4, -0.2) is 9.78 Å². The van der Waals surface area contributed by atoms with E-state index in [2.05, 4.69) is 34.2 Å². The summed E-state index contributed by atoms with van der Waals surface area (Å²) in [7, 11) is 1.87. The molecule has 3 heteroatoms. The first-order valence-corrected chi connectivity index (χ1v) is 3.95. The van der Waals surface area contributed by atoms with Crippen molar-refractivity contribution in [1.82, 2.24) is 9.78 Å². The highest BCUT2D eigenvalue weighted by Gasteiger charge is 2.05. The molecule has 0 saturated carbocycles. The molecule has 1 aromatic rings. The molecule has 0 aromatic carbocycles. The highest BCUT2D eigenvalue weighted by Crippen LogP contribution is 2.22. The summed E-state index contributed by atoms with van der Waals surface area (Å²) in [5.41, 5.74) is 1.97. The molecule has 0 N–H and O–H groups in total. The maximum absolute atomic E-state index is 4.06. The van der Waals surface area contributed by atoms with Crippen LogP contribution in [-0.2, 0) is 7.05 Å². The van der Waals surface area contributed by atoms with Gasteiger partial charge in [-0.15, -0.1) is 0 Å². The van der Waals surface area contributed by atoms with Gasteiger partial charge in [0.05, 0.1) is 11.9 Å². The van der Waals surface area contributed by atoms with Crippen LogP contribution in [0.15, 0.2) is 19.4 Å². The van der Waals surface area contributed by atoms with Crippen molar-refractivity contribution >= 4 is 26.5 Å². The summed E-state index contributed by atoms with van der Waals surface area (Å²) in [5, 5.41) is 4.06. The highest BCUT2D eigenvalue weighted by atomic mass is 79.9. The molecule has 1 rings (SSSR count). The molecular weight excluding hydrogens is 204 g/mol. The number of rotatable bonds is 2. The lowest BCUT2D eigenvalue weighted by Crippen LogP contribution is -1.94. The van der Waals surface area contributed by atoms with Gasteiger partial charge in [0.15, 0.2) is 0 Å². The molecule has 0 aliphatic heterocycles. The first-order chi connectivity index (χ1) is 5.16. The Kier molecular flexibility index (Phi) is 2.29. The summed E-state index contributed by atoms with van der Waals surface area (Å²) in [6.45, 7) is 7.45. The number of hydrogen-bond donors (Lipinski definition) is 0. The third-order valence-electron chi connectivity index (χ3n) is 1.44. The third kappa shape index (κ3) is 1.43. The van der Waals surface area contributed by atoms with E-state index in [0.717, 1.165) is 15.7 Å². The number of hydrogen-bond acceptors (Lipinski definition) is 1. The molecule has 0 fully saturated rings. The van der Waals surface area contributed by atoms with Crippen LogP contribution in [0, 0.1) is 0 Å². The molecule has 2 nitrogen and oxygen atoms in total. The van der Waals surface area contributed by atoms with Crippen molar-refractivity contribution in [1.29, 1.82) is 0 Å². The number of aryl methyl sites for hydroxylation is 1. The number of aromatic nitrogens is 2. The molecule has 0 amide bonds. The van der Waals surface area contributed by atoms with Crippen LogP contribution in [0.4, 0.5) is 0 Å². The molecule has 0 saturated heterocycles. The van der Waals surface area contributed by atoms with E-state index in [1.54, 1.807) is 17.0 Å².